The zero-order valence-electron chi connectivity index (χ0n) is 12.1. The average molecular weight is 339 g/mol. The van der Waals surface area contributed by atoms with Crippen molar-refractivity contribution in [3.05, 3.63) is 39.9 Å². The van der Waals surface area contributed by atoms with Gasteiger partial charge in [-0.1, -0.05) is 30.7 Å². The van der Waals surface area contributed by atoms with E-state index in [1.807, 2.05) is 12.1 Å². The molecule has 2 rings (SSSR count). The number of rotatable bonds is 5. The van der Waals surface area contributed by atoms with E-state index in [0.717, 1.165) is 5.56 Å². The molecule has 1 amide bonds. The summed E-state index contributed by atoms with van der Waals surface area (Å²) >= 11 is 7.08. The van der Waals surface area contributed by atoms with Crippen molar-refractivity contribution in [1.82, 2.24) is 10.3 Å². The van der Waals surface area contributed by atoms with Crippen molar-refractivity contribution in [1.29, 1.82) is 0 Å². The number of hydrogen-bond donors (Lipinski definition) is 2. The predicted octanol–water partition coefficient (Wildman–Crippen LogP) is 3.36. The topological polar surface area (TPSA) is 79.3 Å². The van der Waals surface area contributed by atoms with Crippen LogP contribution < -0.4 is 5.32 Å². The average Bonchev–Trinajstić information content (AvgIpc) is 2.87. The van der Waals surface area contributed by atoms with Crippen LogP contribution in [0.4, 0.5) is 0 Å². The number of carboxylic acid groups (broad SMARTS) is 1. The molecule has 0 saturated heterocycles. The smallest absolute Gasteiger partial charge is 0.326 e. The van der Waals surface area contributed by atoms with Crippen LogP contribution in [-0.4, -0.2) is 28.0 Å². The van der Waals surface area contributed by atoms with Crippen LogP contribution in [0.3, 0.4) is 0 Å². The van der Waals surface area contributed by atoms with Crippen molar-refractivity contribution >= 4 is 34.8 Å². The van der Waals surface area contributed by atoms with Crippen molar-refractivity contribution in [3.8, 4) is 10.6 Å². The molecule has 1 unspecified atom stereocenters. The van der Waals surface area contributed by atoms with Gasteiger partial charge in [0, 0.05) is 10.6 Å². The summed E-state index contributed by atoms with van der Waals surface area (Å²) in [6.07, 6.45) is 0.322. The van der Waals surface area contributed by atoms with Crippen molar-refractivity contribution in [2.24, 2.45) is 0 Å². The van der Waals surface area contributed by atoms with Gasteiger partial charge in [-0.25, -0.2) is 9.78 Å². The molecule has 0 fully saturated rings. The lowest BCUT2D eigenvalue weighted by molar-refractivity contribution is -0.139. The normalized spacial score (nSPS) is 12.0. The Morgan fingerprint density at radius 3 is 2.55 bits per heavy atom. The molecule has 0 saturated carbocycles. The summed E-state index contributed by atoms with van der Waals surface area (Å²) in [6.45, 7) is 3.43. The first-order valence-corrected chi connectivity index (χ1v) is 7.88. The van der Waals surface area contributed by atoms with E-state index in [0.29, 0.717) is 27.0 Å². The predicted molar refractivity (Wildman–Crippen MR) is 86.5 cm³/mol. The lowest BCUT2D eigenvalue weighted by Gasteiger charge is -2.11. The maximum atomic E-state index is 12.2. The molecule has 116 valence electrons. The van der Waals surface area contributed by atoms with E-state index in [4.69, 9.17) is 16.7 Å². The van der Waals surface area contributed by atoms with Gasteiger partial charge in [-0.3, -0.25) is 4.79 Å². The second kappa shape index (κ2) is 6.89. The van der Waals surface area contributed by atoms with Gasteiger partial charge in [0.25, 0.3) is 5.91 Å². The lowest BCUT2D eigenvalue weighted by Crippen LogP contribution is -2.40. The van der Waals surface area contributed by atoms with Crippen molar-refractivity contribution in [2.75, 3.05) is 0 Å². The molecule has 1 aromatic carbocycles. The Kier molecular flexibility index (Phi) is 5.15. The Morgan fingerprint density at radius 2 is 2.00 bits per heavy atom. The first-order valence-electron chi connectivity index (χ1n) is 6.69. The fraction of sp³-hybridized carbons (Fsp3) is 0.267. The summed E-state index contributed by atoms with van der Waals surface area (Å²) in [5.41, 5.74) is 1.44. The number of aromatic nitrogens is 1. The van der Waals surface area contributed by atoms with E-state index in [-0.39, 0.29) is 0 Å². The van der Waals surface area contributed by atoms with E-state index in [2.05, 4.69) is 10.3 Å². The Labute approximate surface area is 137 Å². The Bertz CT molecular complexity index is 697. The number of amides is 1. The number of carbonyl (C=O) groups excluding carboxylic acids is 1. The van der Waals surface area contributed by atoms with Gasteiger partial charge in [-0.05, 0) is 25.5 Å². The van der Waals surface area contributed by atoms with Gasteiger partial charge in [-0.2, -0.15) is 0 Å². The molecule has 0 radical (unpaired) electrons. The van der Waals surface area contributed by atoms with Gasteiger partial charge in [0.05, 0.1) is 5.69 Å². The Balaban J connectivity index is 2.24. The second-order valence-corrected chi connectivity index (χ2v) is 6.15. The van der Waals surface area contributed by atoms with Crippen LogP contribution in [0.15, 0.2) is 24.3 Å². The molecular formula is C15H15ClN2O3S. The highest BCUT2D eigenvalue weighted by Gasteiger charge is 2.22. The largest absolute Gasteiger partial charge is 0.480 e. The van der Waals surface area contributed by atoms with Crippen LogP contribution in [-0.2, 0) is 4.79 Å². The van der Waals surface area contributed by atoms with Crippen LogP contribution in [0.5, 0.6) is 0 Å². The van der Waals surface area contributed by atoms with Crippen molar-refractivity contribution < 1.29 is 14.7 Å². The number of benzene rings is 1. The second-order valence-electron chi connectivity index (χ2n) is 4.71. The molecule has 0 bridgehead atoms. The van der Waals surface area contributed by atoms with Crippen LogP contribution in [0.2, 0.25) is 5.02 Å². The van der Waals surface area contributed by atoms with Crippen LogP contribution >= 0.6 is 22.9 Å². The number of carbonyl (C=O) groups is 2. The maximum absolute atomic E-state index is 12.2. The van der Waals surface area contributed by atoms with Gasteiger partial charge in [-0.15, -0.1) is 11.3 Å². The highest BCUT2D eigenvalue weighted by Crippen LogP contribution is 2.28. The molecule has 22 heavy (non-hydrogen) atoms. The number of carboxylic acids is 1. The zero-order valence-corrected chi connectivity index (χ0v) is 13.7. The third-order valence-corrected chi connectivity index (χ3v) is 4.56. The van der Waals surface area contributed by atoms with Gasteiger partial charge in [0.2, 0.25) is 0 Å². The summed E-state index contributed by atoms with van der Waals surface area (Å²) in [4.78, 5) is 28.0. The molecule has 0 aliphatic carbocycles. The minimum Gasteiger partial charge on any atom is -0.480 e. The summed E-state index contributed by atoms with van der Waals surface area (Å²) < 4.78 is 0. The number of hydrogen-bond acceptors (Lipinski definition) is 4. The number of halogens is 1. The van der Waals surface area contributed by atoms with Gasteiger partial charge in [0.1, 0.15) is 15.9 Å². The molecule has 1 heterocycles. The number of aryl methyl sites for hydroxylation is 1. The van der Waals surface area contributed by atoms with E-state index >= 15 is 0 Å². The maximum Gasteiger partial charge on any atom is 0.326 e. The van der Waals surface area contributed by atoms with Crippen LogP contribution in [0.25, 0.3) is 10.6 Å². The highest BCUT2D eigenvalue weighted by molar-refractivity contribution is 7.17. The SMILES string of the molecule is CCC(NC(=O)c1sc(-c2ccc(Cl)cc2)nc1C)C(=O)O. The molecule has 7 heteroatoms. The van der Waals surface area contributed by atoms with Crippen molar-refractivity contribution in [2.45, 2.75) is 26.3 Å². The Morgan fingerprint density at radius 1 is 1.36 bits per heavy atom. The quantitative estimate of drug-likeness (QED) is 0.876. The monoisotopic (exact) mass is 338 g/mol. The zero-order chi connectivity index (χ0) is 16.3. The third-order valence-electron chi connectivity index (χ3n) is 3.11. The van der Waals surface area contributed by atoms with E-state index < -0.39 is 17.9 Å². The lowest BCUT2D eigenvalue weighted by atomic mass is 10.2. The number of nitrogens with one attached hydrogen (secondary N) is 1. The summed E-state index contributed by atoms with van der Waals surface area (Å²) in [5.74, 6) is -1.46. The number of aliphatic carboxylic acids is 1. The minimum atomic E-state index is -1.05. The molecule has 2 aromatic rings. The first kappa shape index (κ1) is 16.5. The fourth-order valence-corrected chi connectivity index (χ4v) is 2.99. The van der Waals surface area contributed by atoms with E-state index in [9.17, 15) is 9.59 Å². The molecule has 0 aliphatic heterocycles. The van der Waals surface area contributed by atoms with E-state index in [1.54, 1.807) is 26.0 Å². The van der Waals surface area contributed by atoms with Crippen molar-refractivity contribution in [3.63, 3.8) is 0 Å². The van der Waals surface area contributed by atoms with Gasteiger partial charge >= 0.3 is 5.97 Å². The van der Waals surface area contributed by atoms with Gasteiger partial charge < -0.3 is 10.4 Å². The standard InChI is InChI=1S/C15H15ClN2O3S/c1-3-11(15(20)21)18-13(19)12-8(2)17-14(22-12)9-4-6-10(16)7-5-9/h4-7,11H,3H2,1-2H3,(H,18,19)(H,20,21). The molecule has 0 spiro atoms. The number of thiazole rings is 1. The highest BCUT2D eigenvalue weighted by atomic mass is 35.5. The molecule has 5 nitrogen and oxygen atoms in total. The fourth-order valence-electron chi connectivity index (χ4n) is 1.89. The van der Waals surface area contributed by atoms with Gasteiger partial charge in [0.15, 0.2) is 0 Å². The summed E-state index contributed by atoms with van der Waals surface area (Å²) in [7, 11) is 0. The minimum absolute atomic E-state index is 0.322. The first-order chi connectivity index (χ1) is 10.4. The molecule has 1 aromatic heterocycles. The Hall–Kier alpha value is -1.92. The summed E-state index contributed by atoms with van der Waals surface area (Å²) in [5, 5.41) is 12.8. The van der Waals surface area contributed by atoms with Crippen LogP contribution in [0.1, 0.15) is 28.7 Å². The number of nitrogens with zero attached hydrogens (tertiary/aromatic N) is 1. The molecule has 0 aliphatic rings. The van der Waals surface area contributed by atoms with Crippen LogP contribution in [0, 0.1) is 6.92 Å². The molecule has 1 atom stereocenters. The summed E-state index contributed by atoms with van der Waals surface area (Å²) in [6, 6.07) is 6.27. The van der Waals surface area contributed by atoms with E-state index in [1.165, 1.54) is 11.3 Å². The molecule has 2 N–H and O–H groups in total. The third kappa shape index (κ3) is 3.64. The molecular weight excluding hydrogens is 324 g/mol.